The normalized spacial score (nSPS) is 26.3. The fraction of sp³-hybridized carbons (Fsp3) is 0.533. The van der Waals surface area contributed by atoms with E-state index in [0.717, 1.165) is 6.42 Å². The second kappa shape index (κ2) is 6.80. The Labute approximate surface area is 121 Å². The molecule has 4 heteroatoms. The molecule has 3 nitrogen and oxygen atoms in total. The molecule has 0 bridgehead atoms. The lowest BCUT2D eigenvalue weighted by Gasteiger charge is -2.34. The monoisotopic (exact) mass is 282 g/mol. The summed E-state index contributed by atoms with van der Waals surface area (Å²) < 4.78 is 0. The molecular weight excluding hydrogens is 260 g/mol. The number of halogens is 1. The third-order valence-electron chi connectivity index (χ3n) is 4.17. The average Bonchev–Trinajstić information content (AvgIpc) is 2.35. The van der Waals surface area contributed by atoms with Gasteiger partial charge in [0.25, 0.3) is 5.91 Å². The van der Waals surface area contributed by atoms with Gasteiger partial charge >= 0.3 is 0 Å². The van der Waals surface area contributed by atoms with Crippen molar-refractivity contribution in [2.75, 3.05) is 5.73 Å². The summed E-state index contributed by atoms with van der Waals surface area (Å²) in [6, 6.07) is 7.44. The van der Waals surface area contributed by atoms with Crippen molar-refractivity contribution in [3.05, 3.63) is 29.8 Å². The zero-order valence-corrected chi connectivity index (χ0v) is 12.4. The molecule has 0 aromatic heterocycles. The summed E-state index contributed by atoms with van der Waals surface area (Å²) in [5, 5.41) is 3.15. The molecule has 3 N–H and O–H groups in total. The Kier molecular flexibility index (Phi) is 5.67. The van der Waals surface area contributed by atoms with E-state index in [1.54, 1.807) is 12.1 Å². The third kappa shape index (κ3) is 3.87. The fourth-order valence-electron chi connectivity index (χ4n) is 2.72. The van der Waals surface area contributed by atoms with Crippen molar-refractivity contribution >= 4 is 24.0 Å². The van der Waals surface area contributed by atoms with Crippen LogP contribution in [0.4, 0.5) is 5.69 Å². The van der Waals surface area contributed by atoms with E-state index in [-0.39, 0.29) is 18.3 Å². The summed E-state index contributed by atoms with van der Waals surface area (Å²) in [6.45, 7) is 4.50. The molecule has 3 unspecified atom stereocenters. The Morgan fingerprint density at radius 2 is 2.05 bits per heavy atom. The van der Waals surface area contributed by atoms with Crippen LogP contribution < -0.4 is 11.1 Å². The van der Waals surface area contributed by atoms with Crippen molar-refractivity contribution < 1.29 is 4.79 Å². The highest BCUT2D eigenvalue weighted by Crippen LogP contribution is 2.29. The van der Waals surface area contributed by atoms with Crippen LogP contribution in [0.25, 0.3) is 0 Å². The molecule has 1 aliphatic carbocycles. The van der Waals surface area contributed by atoms with Gasteiger partial charge in [0.05, 0.1) is 0 Å². The van der Waals surface area contributed by atoms with E-state index in [0.29, 0.717) is 29.1 Å². The van der Waals surface area contributed by atoms with Crippen molar-refractivity contribution in [2.45, 2.75) is 39.2 Å². The zero-order valence-electron chi connectivity index (χ0n) is 11.6. The van der Waals surface area contributed by atoms with Gasteiger partial charge in [0.1, 0.15) is 0 Å². The van der Waals surface area contributed by atoms with Gasteiger partial charge in [0, 0.05) is 17.3 Å². The second-order valence-electron chi connectivity index (χ2n) is 5.47. The number of rotatable bonds is 2. The highest BCUT2D eigenvalue weighted by Gasteiger charge is 2.28. The number of nitrogen functional groups attached to an aromatic ring is 1. The largest absolute Gasteiger partial charge is 0.399 e. The lowest BCUT2D eigenvalue weighted by Crippen LogP contribution is -2.43. The number of anilines is 1. The van der Waals surface area contributed by atoms with E-state index < -0.39 is 0 Å². The molecule has 2 rings (SSSR count). The molecule has 1 aromatic rings. The van der Waals surface area contributed by atoms with Crippen LogP contribution in [0.15, 0.2) is 24.3 Å². The second-order valence-corrected chi connectivity index (χ2v) is 5.47. The molecule has 0 saturated heterocycles. The Hall–Kier alpha value is -1.22. The topological polar surface area (TPSA) is 55.1 Å². The summed E-state index contributed by atoms with van der Waals surface area (Å²) in [7, 11) is 0. The first-order valence-corrected chi connectivity index (χ1v) is 6.74. The Balaban J connectivity index is 0.00000180. The summed E-state index contributed by atoms with van der Waals surface area (Å²) >= 11 is 0. The highest BCUT2D eigenvalue weighted by molar-refractivity contribution is 5.95. The SMILES string of the molecule is CC1CCCC(NC(=O)c2cccc(N)c2)C1C.Cl. The van der Waals surface area contributed by atoms with E-state index in [1.807, 2.05) is 12.1 Å². The van der Waals surface area contributed by atoms with Gasteiger partial charge in [0.2, 0.25) is 0 Å². The minimum absolute atomic E-state index is 0. The van der Waals surface area contributed by atoms with E-state index >= 15 is 0 Å². The maximum absolute atomic E-state index is 12.2. The summed E-state index contributed by atoms with van der Waals surface area (Å²) in [5.74, 6) is 1.22. The van der Waals surface area contributed by atoms with Gasteiger partial charge in [-0.25, -0.2) is 0 Å². The molecule has 106 valence electrons. The molecule has 1 fully saturated rings. The standard InChI is InChI=1S/C15H22N2O.ClH/c1-10-5-3-8-14(11(10)2)17-15(18)12-6-4-7-13(16)9-12;/h4,6-7,9-11,14H,3,5,8,16H2,1-2H3,(H,17,18);1H. The van der Waals surface area contributed by atoms with Crippen molar-refractivity contribution in [2.24, 2.45) is 11.8 Å². The number of carbonyl (C=O) groups is 1. The molecule has 0 radical (unpaired) electrons. The minimum atomic E-state index is -0.00625. The zero-order chi connectivity index (χ0) is 13.1. The number of hydrogen-bond donors (Lipinski definition) is 2. The van der Waals surface area contributed by atoms with Crippen LogP contribution in [-0.4, -0.2) is 11.9 Å². The smallest absolute Gasteiger partial charge is 0.251 e. The molecule has 0 heterocycles. The van der Waals surface area contributed by atoms with Crippen LogP contribution in [-0.2, 0) is 0 Å². The summed E-state index contributed by atoms with van der Waals surface area (Å²) in [4.78, 5) is 12.2. The fourth-order valence-corrected chi connectivity index (χ4v) is 2.72. The number of nitrogens with one attached hydrogen (secondary N) is 1. The maximum atomic E-state index is 12.2. The van der Waals surface area contributed by atoms with E-state index in [2.05, 4.69) is 19.2 Å². The molecule has 1 aromatic carbocycles. The maximum Gasteiger partial charge on any atom is 0.251 e. The first-order chi connectivity index (χ1) is 8.58. The van der Waals surface area contributed by atoms with Crippen LogP contribution in [0.1, 0.15) is 43.5 Å². The van der Waals surface area contributed by atoms with Gasteiger partial charge in [-0.15, -0.1) is 12.4 Å². The molecule has 1 amide bonds. The van der Waals surface area contributed by atoms with E-state index in [4.69, 9.17) is 5.73 Å². The van der Waals surface area contributed by atoms with Gasteiger partial charge in [-0.1, -0.05) is 32.8 Å². The first-order valence-electron chi connectivity index (χ1n) is 6.74. The van der Waals surface area contributed by atoms with Crippen LogP contribution in [0, 0.1) is 11.8 Å². The Morgan fingerprint density at radius 3 is 2.74 bits per heavy atom. The summed E-state index contributed by atoms with van der Waals surface area (Å²) in [6.07, 6.45) is 3.55. The molecule has 0 aliphatic heterocycles. The van der Waals surface area contributed by atoms with Crippen molar-refractivity contribution in [3.63, 3.8) is 0 Å². The molecule has 3 atom stereocenters. The molecule has 1 saturated carbocycles. The van der Waals surface area contributed by atoms with Gasteiger partial charge in [-0.3, -0.25) is 4.79 Å². The minimum Gasteiger partial charge on any atom is -0.399 e. The number of amides is 1. The Morgan fingerprint density at radius 1 is 1.32 bits per heavy atom. The van der Waals surface area contributed by atoms with Crippen LogP contribution >= 0.6 is 12.4 Å². The predicted octanol–water partition coefficient (Wildman–Crippen LogP) is 3.25. The van der Waals surface area contributed by atoms with Crippen molar-refractivity contribution in [1.29, 1.82) is 0 Å². The number of hydrogen-bond acceptors (Lipinski definition) is 2. The Bertz CT molecular complexity index is 436. The molecule has 19 heavy (non-hydrogen) atoms. The van der Waals surface area contributed by atoms with Gasteiger partial charge in [-0.2, -0.15) is 0 Å². The molecule has 1 aliphatic rings. The van der Waals surface area contributed by atoms with E-state index in [1.165, 1.54) is 12.8 Å². The third-order valence-corrected chi connectivity index (χ3v) is 4.17. The van der Waals surface area contributed by atoms with Gasteiger partial charge in [-0.05, 0) is 36.5 Å². The highest BCUT2D eigenvalue weighted by atomic mass is 35.5. The molecular formula is C15H23ClN2O. The lowest BCUT2D eigenvalue weighted by atomic mass is 9.78. The number of carbonyl (C=O) groups excluding carboxylic acids is 1. The van der Waals surface area contributed by atoms with Crippen molar-refractivity contribution in [1.82, 2.24) is 5.32 Å². The lowest BCUT2D eigenvalue weighted by molar-refractivity contribution is 0.0891. The predicted molar refractivity (Wildman–Crippen MR) is 81.5 cm³/mol. The van der Waals surface area contributed by atoms with Crippen LogP contribution in [0.3, 0.4) is 0 Å². The van der Waals surface area contributed by atoms with Crippen molar-refractivity contribution in [3.8, 4) is 0 Å². The average molecular weight is 283 g/mol. The van der Waals surface area contributed by atoms with Gasteiger partial charge in [0.15, 0.2) is 0 Å². The number of benzene rings is 1. The van der Waals surface area contributed by atoms with Gasteiger partial charge < -0.3 is 11.1 Å². The quantitative estimate of drug-likeness (QED) is 0.818. The van der Waals surface area contributed by atoms with E-state index in [9.17, 15) is 4.79 Å². The van der Waals surface area contributed by atoms with Crippen LogP contribution in [0.2, 0.25) is 0 Å². The molecule has 0 spiro atoms. The van der Waals surface area contributed by atoms with Crippen LogP contribution in [0.5, 0.6) is 0 Å². The number of nitrogens with two attached hydrogens (primary N) is 1. The summed E-state index contributed by atoms with van der Waals surface area (Å²) in [5.41, 5.74) is 6.98. The first kappa shape index (κ1) is 15.8.